The Bertz CT molecular complexity index is 646. The van der Waals surface area contributed by atoms with E-state index in [4.69, 9.17) is 4.74 Å². The van der Waals surface area contributed by atoms with Gasteiger partial charge in [0.15, 0.2) is 5.96 Å². The van der Waals surface area contributed by atoms with Crippen molar-refractivity contribution in [3.63, 3.8) is 0 Å². The maximum Gasteiger partial charge on any atom is 0.191 e. The molecule has 2 heterocycles. The SMILES string of the molecule is CN=C(NCCn1cccc1)NCC1(c2ccccc2)CCOCC1. The van der Waals surface area contributed by atoms with Gasteiger partial charge in [-0.15, -0.1) is 0 Å². The van der Waals surface area contributed by atoms with Crippen LogP contribution in [0.3, 0.4) is 0 Å². The Balaban J connectivity index is 1.58. The molecule has 0 aliphatic carbocycles. The van der Waals surface area contributed by atoms with Gasteiger partial charge in [0.1, 0.15) is 0 Å². The molecule has 0 spiro atoms. The molecular weight excluding hydrogens is 312 g/mol. The first-order valence-corrected chi connectivity index (χ1v) is 9.01. The molecule has 0 atom stereocenters. The number of aromatic nitrogens is 1. The second-order valence-corrected chi connectivity index (χ2v) is 6.53. The van der Waals surface area contributed by atoms with Crippen molar-refractivity contribution in [2.24, 2.45) is 4.99 Å². The van der Waals surface area contributed by atoms with Crippen LogP contribution in [0.25, 0.3) is 0 Å². The Labute approximate surface area is 150 Å². The quantitative estimate of drug-likeness (QED) is 0.627. The lowest BCUT2D eigenvalue weighted by Crippen LogP contribution is -2.48. The third-order valence-corrected chi connectivity index (χ3v) is 4.98. The molecule has 1 aliphatic heterocycles. The molecule has 3 rings (SSSR count). The predicted molar refractivity (Wildman–Crippen MR) is 102 cm³/mol. The number of ether oxygens (including phenoxy) is 1. The van der Waals surface area contributed by atoms with E-state index in [1.54, 1.807) is 0 Å². The third kappa shape index (κ3) is 4.63. The summed E-state index contributed by atoms with van der Waals surface area (Å²) in [6.07, 6.45) is 6.21. The Morgan fingerprint density at radius 3 is 2.48 bits per heavy atom. The zero-order chi connectivity index (χ0) is 17.4. The van der Waals surface area contributed by atoms with Gasteiger partial charge >= 0.3 is 0 Å². The number of hydrogen-bond acceptors (Lipinski definition) is 2. The minimum atomic E-state index is 0.109. The van der Waals surface area contributed by atoms with Crippen molar-refractivity contribution in [3.05, 3.63) is 60.4 Å². The lowest BCUT2D eigenvalue weighted by atomic mass is 9.74. The van der Waals surface area contributed by atoms with Crippen molar-refractivity contribution < 1.29 is 4.74 Å². The molecule has 1 fully saturated rings. The number of nitrogens with zero attached hydrogens (tertiary/aromatic N) is 2. The molecular formula is C20H28N4O. The van der Waals surface area contributed by atoms with Gasteiger partial charge in [0.05, 0.1) is 0 Å². The molecule has 1 saturated heterocycles. The minimum Gasteiger partial charge on any atom is -0.381 e. The molecule has 0 amide bonds. The molecule has 1 aromatic carbocycles. The third-order valence-electron chi connectivity index (χ3n) is 4.98. The summed E-state index contributed by atoms with van der Waals surface area (Å²) in [5.74, 6) is 0.856. The van der Waals surface area contributed by atoms with E-state index in [1.807, 2.05) is 19.2 Å². The normalized spacial score (nSPS) is 17.2. The Morgan fingerprint density at radius 2 is 1.80 bits per heavy atom. The maximum atomic E-state index is 5.61. The fourth-order valence-electron chi connectivity index (χ4n) is 3.42. The predicted octanol–water partition coefficient (Wildman–Crippen LogP) is 2.40. The number of guanidine groups is 1. The summed E-state index contributed by atoms with van der Waals surface area (Å²) in [7, 11) is 1.82. The topological polar surface area (TPSA) is 50.6 Å². The fourth-order valence-corrected chi connectivity index (χ4v) is 3.42. The average molecular weight is 340 g/mol. The zero-order valence-corrected chi connectivity index (χ0v) is 14.9. The highest BCUT2D eigenvalue weighted by Crippen LogP contribution is 2.34. The van der Waals surface area contributed by atoms with Crippen LogP contribution in [0.4, 0.5) is 0 Å². The molecule has 1 aromatic heterocycles. The van der Waals surface area contributed by atoms with Crippen LogP contribution in [0.1, 0.15) is 18.4 Å². The molecule has 0 bridgehead atoms. The highest BCUT2D eigenvalue weighted by Gasteiger charge is 2.34. The lowest BCUT2D eigenvalue weighted by Gasteiger charge is -2.38. The van der Waals surface area contributed by atoms with Crippen LogP contribution in [-0.4, -0.2) is 43.9 Å². The Hall–Kier alpha value is -2.27. The Morgan fingerprint density at radius 1 is 1.08 bits per heavy atom. The summed E-state index contributed by atoms with van der Waals surface area (Å²) in [4.78, 5) is 4.37. The van der Waals surface area contributed by atoms with E-state index in [0.717, 1.165) is 51.6 Å². The second kappa shape index (κ2) is 8.72. The molecule has 0 radical (unpaired) electrons. The fraction of sp³-hybridized carbons (Fsp3) is 0.450. The van der Waals surface area contributed by atoms with Crippen LogP contribution in [0.5, 0.6) is 0 Å². The van der Waals surface area contributed by atoms with E-state index in [-0.39, 0.29) is 5.41 Å². The van der Waals surface area contributed by atoms with Crippen LogP contribution in [-0.2, 0) is 16.7 Å². The first kappa shape index (κ1) is 17.5. The van der Waals surface area contributed by atoms with Gasteiger partial charge in [-0.1, -0.05) is 30.3 Å². The number of rotatable bonds is 6. The maximum absolute atomic E-state index is 5.61. The highest BCUT2D eigenvalue weighted by atomic mass is 16.5. The zero-order valence-electron chi connectivity index (χ0n) is 14.9. The molecule has 2 aromatic rings. The van der Waals surface area contributed by atoms with Crippen LogP contribution in [0.2, 0.25) is 0 Å². The monoisotopic (exact) mass is 340 g/mol. The summed E-state index contributed by atoms with van der Waals surface area (Å²) in [6.45, 7) is 4.26. The Kier molecular flexibility index (Phi) is 6.12. The van der Waals surface area contributed by atoms with Crippen molar-refractivity contribution in [3.8, 4) is 0 Å². The van der Waals surface area contributed by atoms with Crippen LogP contribution < -0.4 is 10.6 Å². The summed E-state index contributed by atoms with van der Waals surface area (Å²) >= 11 is 0. The van der Waals surface area contributed by atoms with Gasteiger partial charge in [0, 0.05) is 57.7 Å². The number of aliphatic imine (C=N–C) groups is 1. The second-order valence-electron chi connectivity index (χ2n) is 6.53. The van der Waals surface area contributed by atoms with E-state index in [1.165, 1.54) is 5.56 Å². The van der Waals surface area contributed by atoms with Crippen molar-refractivity contribution in [2.75, 3.05) is 33.4 Å². The molecule has 2 N–H and O–H groups in total. The van der Waals surface area contributed by atoms with Gasteiger partial charge in [0.25, 0.3) is 0 Å². The first-order valence-electron chi connectivity index (χ1n) is 9.01. The first-order chi connectivity index (χ1) is 12.3. The highest BCUT2D eigenvalue weighted by molar-refractivity contribution is 5.79. The summed E-state index contributed by atoms with van der Waals surface area (Å²) < 4.78 is 7.77. The molecule has 0 unspecified atom stereocenters. The molecule has 5 heteroatoms. The molecule has 0 saturated carbocycles. The van der Waals surface area contributed by atoms with E-state index >= 15 is 0 Å². The van der Waals surface area contributed by atoms with E-state index in [9.17, 15) is 0 Å². The van der Waals surface area contributed by atoms with E-state index < -0.39 is 0 Å². The van der Waals surface area contributed by atoms with Crippen molar-refractivity contribution in [2.45, 2.75) is 24.8 Å². The van der Waals surface area contributed by atoms with Gasteiger partial charge in [-0.3, -0.25) is 4.99 Å². The van der Waals surface area contributed by atoms with E-state index in [2.05, 4.69) is 62.9 Å². The van der Waals surface area contributed by atoms with Crippen LogP contribution in [0.15, 0.2) is 59.9 Å². The largest absolute Gasteiger partial charge is 0.381 e. The van der Waals surface area contributed by atoms with Crippen LogP contribution in [0, 0.1) is 0 Å². The molecule has 134 valence electrons. The van der Waals surface area contributed by atoms with Gasteiger partial charge in [-0.2, -0.15) is 0 Å². The smallest absolute Gasteiger partial charge is 0.191 e. The summed E-state index contributed by atoms with van der Waals surface area (Å²) in [6, 6.07) is 14.9. The number of hydrogen-bond donors (Lipinski definition) is 2. The lowest BCUT2D eigenvalue weighted by molar-refractivity contribution is 0.0514. The standard InChI is InChI=1S/C20H28N4O/c1-21-19(22-11-14-24-12-5-6-13-24)23-17-20(9-15-25-16-10-20)18-7-3-2-4-8-18/h2-8,12-13H,9-11,14-17H2,1H3,(H2,21,22,23). The molecule has 25 heavy (non-hydrogen) atoms. The minimum absolute atomic E-state index is 0.109. The van der Waals surface area contributed by atoms with Crippen molar-refractivity contribution >= 4 is 5.96 Å². The van der Waals surface area contributed by atoms with Gasteiger partial charge in [-0.05, 0) is 30.5 Å². The van der Waals surface area contributed by atoms with Gasteiger partial charge in [-0.25, -0.2) is 0 Å². The number of nitrogens with one attached hydrogen (secondary N) is 2. The van der Waals surface area contributed by atoms with Gasteiger partial charge in [0.2, 0.25) is 0 Å². The summed E-state index contributed by atoms with van der Waals surface area (Å²) in [5, 5.41) is 6.94. The molecule has 5 nitrogen and oxygen atoms in total. The summed E-state index contributed by atoms with van der Waals surface area (Å²) in [5.41, 5.74) is 1.49. The van der Waals surface area contributed by atoms with Crippen LogP contribution >= 0.6 is 0 Å². The molecule has 1 aliphatic rings. The van der Waals surface area contributed by atoms with Gasteiger partial charge < -0.3 is 19.9 Å². The van der Waals surface area contributed by atoms with E-state index in [0.29, 0.717) is 0 Å². The number of benzene rings is 1. The van der Waals surface area contributed by atoms with Crippen molar-refractivity contribution in [1.82, 2.24) is 15.2 Å². The van der Waals surface area contributed by atoms with Crippen molar-refractivity contribution in [1.29, 1.82) is 0 Å². The average Bonchev–Trinajstić information content (AvgIpc) is 3.19.